The third kappa shape index (κ3) is 5.41. The predicted molar refractivity (Wildman–Crippen MR) is 142 cm³/mol. The summed E-state index contributed by atoms with van der Waals surface area (Å²) in [5.74, 6) is 0.822. The second kappa shape index (κ2) is 9.02. The van der Waals surface area contributed by atoms with E-state index in [9.17, 15) is 15.3 Å². The third-order valence-electron chi connectivity index (χ3n) is 6.73. The van der Waals surface area contributed by atoms with Gasteiger partial charge < -0.3 is 15.3 Å². The molecule has 1 aromatic carbocycles. The van der Waals surface area contributed by atoms with Gasteiger partial charge >= 0.3 is 0 Å². The van der Waals surface area contributed by atoms with Crippen molar-refractivity contribution in [2.45, 2.75) is 74.1 Å². The van der Waals surface area contributed by atoms with Crippen molar-refractivity contribution in [3.63, 3.8) is 0 Å². The van der Waals surface area contributed by atoms with Crippen LogP contribution in [0.2, 0.25) is 0 Å². The van der Waals surface area contributed by atoms with E-state index < -0.39 is 0 Å². The van der Waals surface area contributed by atoms with Crippen molar-refractivity contribution in [3.8, 4) is 5.75 Å². The molecule has 0 unspecified atom stereocenters. The summed E-state index contributed by atoms with van der Waals surface area (Å²) in [4.78, 5) is 0. The molecular weight excluding hydrogens is 420 g/mol. The Morgan fingerprint density at radius 3 is 1.38 bits per heavy atom. The van der Waals surface area contributed by atoms with Crippen LogP contribution < -0.4 is 0 Å². The minimum atomic E-state index is -0.170. The maximum absolute atomic E-state index is 11.2. The standard InChI is InChI=1S/C31H40O3/c1-18-10-21(16-23-12-19(2)14-25(28(23)33)30(4,5)6)27(32)22(11-18)17-24-13-20(3)15-26(29(24)34)31(7,8)9/h10-13,32-34H,2-3,14-17H2,1,4-9H3. The van der Waals surface area contributed by atoms with Crippen molar-refractivity contribution in [2.24, 2.45) is 10.8 Å². The number of aryl methyl sites for hydroxylation is 1. The number of hydrogen-bond donors (Lipinski definition) is 3. The Hall–Kier alpha value is -2.94. The summed E-state index contributed by atoms with van der Waals surface area (Å²) in [5.41, 5.74) is 7.60. The Morgan fingerprint density at radius 2 is 1.06 bits per heavy atom. The average molecular weight is 461 g/mol. The zero-order valence-electron chi connectivity index (χ0n) is 21.9. The Morgan fingerprint density at radius 1 is 0.706 bits per heavy atom. The monoisotopic (exact) mass is 460 g/mol. The van der Waals surface area contributed by atoms with Gasteiger partial charge in [-0.2, -0.15) is 0 Å². The molecule has 0 bridgehead atoms. The Balaban J connectivity index is 2.00. The highest BCUT2D eigenvalue weighted by molar-refractivity contribution is 5.54. The van der Waals surface area contributed by atoms with Gasteiger partial charge in [0.2, 0.25) is 0 Å². The van der Waals surface area contributed by atoms with Gasteiger partial charge in [-0.15, -0.1) is 0 Å². The molecule has 1 aromatic rings. The molecule has 0 saturated heterocycles. The fourth-order valence-corrected chi connectivity index (χ4v) is 4.87. The minimum absolute atomic E-state index is 0.170. The van der Waals surface area contributed by atoms with Crippen LogP contribution >= 0.6 is 0 Å². The lowest BCUT2D eigenvalue weighted by molar-refractivity contribution is 0.372. The highest BCUT2D eigenvalue weighted by atomic mass is 16.3. The molecule has 0 atom stereocenters. The van der Waals surface area contributed by atoms with E-state index in [4.69, 9.17) is 0 Å². The Kier molecular flexibility index (Phi) is 6.81. The maximum Gasteiger partial charge on any atom is 0.122 e. The zero-order valence-corrected chi connectivity index (χ0v) is 21.9. The van der Waals surface area contributed by atoms with Crippen LogP contribution in [0.5, 0.6) is 5.75 Å². The van der Waals surface area contributed by atoms with Gasteiger partial charge in [-0.05, 0) is 64.0 Å². The molecule has 3 heteroatoms. The summed E-state index contributed by atoms with van der Waals surface area (Å²) in [6.45, 7) is 22.8. The number of aromatic hydroxyl groups is 1. The van der Waals surface area contributed by atoms with E-state index in [0.29, 0.717) is 37.2 Å². The summed E-state index contributed by atoms with van der Waals surface area (Å²) < 4.78 is 0. The van der Waals surface area contributed by atoms with Gasteiger partial charge in [-0.3, -0.25) is 0 Å². The first-order valence-corrected chi connectivity index (χ1v) is 12.0. The van der Waals surface area contributed by atoms with Gasteiger partial charge in [-0.1, -0.05) is 95.7 Å². The van der Waals surface area contributed by atoms with E-state index >= 15 is 0 Å². The maximum atomic E-state index is 11.2. The van der Waals surface area contributed by atoms with Crippen LogP contribution in [0.3, 0.4) is 0 Å². The first-order chi connectivity index (χ1) is 15.6. The lowest BCUT2D eigenvalue weighted by Crippen LogP contribution is -2.17. The van der Waals surface area contributed by atoms with Crippen LogP contribution in [0.1, 0.15) is 71.1 Å². The molecule has 2 aliphatic carbocycles. The van der Waals surface area contributed by atoms with Gasteiger partial charge in [0.25, 0.3) is 0 Å². The van der Waals surface area contributed by atoms with Crippen molar-refractivity contribution in [1.29, 1.82) is 0 Å². The number of aliphatic hydroxyl groups excluding tert-OH is 2. The number of rotatable bonds is 4. The van der Waals surface area contributed by atoms with Crippen molar-refractivity contribution in [2.75, 3.05) is 0 Å². The first kappa shape index (κ1) is 25.7. The highest BCUT2D eigenvalue weighted by Crippen LogP contribution is 2.42. The lowest BCUT2D eigenvalue weighted by atomic mass is 9.77. The summed E-state index contributed by atoms with van der Waals surface area (Å²) in [7, 11) is 0. The third-order valence-corrected chi connectivity index (χ3v) is 6.73. The lowest BCUT2D eigenvalue weighted by Gasteiger charge is -2.29. The fourth-order valence-electron chi connectivity index (χ4n) is 4.87. The molecule has 0 heterocycles. The number of phenolic OH excluding ortho intramolecular Hbond substituents is 1. The van der Waals surface area contributed by atoms with Crippen LogP contribution in [0, 0.1) is 17.8 Å². The Labute approximate surface area is 205 Å². The van der Waals surface area contributed by atoms with Crippen molar-refractivity contribution in [3.05, 3.63) is 99.1 Å². The van der Waals surface area contributed by atoms with E-state index in [-0.39, 0.29) is 16.6 Å². The summed E-state index contributed by atoms with van der Waals surface area (Å²) in [6, 6.07) is 3.93. The number of allylic oxidation sites excluding steroid dienone is 8. The molecule has 182 valence electrons. The van der Waals surface area contributed by atoms with Gasteiger partial charge in [0.15, 0.2) is 0 Å². The molecule has 0 radical (unpaired) electrons. The molecular formula is C31H40O3. The molecule has 0 aliphatic heterocycles. The number of benzene rings is 1. The molecule has 0 aromatic heterocycles. The summed E-state index contributed by atoms with van der Waals surface area (Å²) >= 11 is 0. The predicted octanol–water partition coefficient (Wildman–Crippen LogP) is 8.27. The quantitative estimate of drug-likeness (QED) is 0.424. The molecule has 2 aliphatic rings. The van der Waals surface area contributed by atoms with Crippen molar-refractivity contribution >= 4 is 0 Å². The smallest absolute Gasteiger partial charge is 0.122 e. The van der Waals surface area contributed by atoms with Gasteiger partial charge in [-0.25, -0.2) is 0 Å². The second-order valence-electron chi connectivity index (χ2n) is 11.9. The molecule has 3 nitrogen and oxygen atoms in total. The highest BCUT2D eigenvalue weighted by Gasteiger charge is 2.29. The van der Waals surface area contributed by atoms with Crippen LogP contribution in [0.25, 0.3) is 0 Å². The number of hydrogen-bond acceptors (Lipinski definition) is 3. The molecule has 0 fully saturated rings. The minimum Gasteiger partial charge on any atom is -0.508 e. The van der Waals surface area contributed by atoms with Gasteiger partial charge in [0.05, 0.1) is 0 Å². The van der Waals surface area contributed by atoms with Crippen LogP contribution in [-0.2, 0) is 12.8 Å². The van der Waals surface area contributed by atoms with Crippen molar-refractivity contribution in [1.82, 2.24) is 0 Å². The van der Waals surface area contributed by atoms with Gasteiger partial charge in [0.1, 0.15) is 17.3 Å². The van der Waals surface area contributed by atoms with Gasteiger partial charge in [0, 0.05) is 12.8 Å². The van der Waals surface area contributed by atoms with Crippen LogP contribution in [-0.4, -0.2) is 15.3 Å². The average Bonchev–Trinajstić information content (AvgIpc) is 2.68. The SMILES string of the molecule is C=C1C=C(Cc2cc(C)cc(CC3=CC(=C)CC(C(C)(C)C)=C3O)c2O)C(O)=C(C(C)(C)C)C1. The topological polar surface area (TPSA) is 60.7 Å². The molecule has 0 spiro atoms. The molecule has 3 rings (SSSR count). The van der Waals surface area contributed by atoms with E-state index in [0.717, 1.165) is 50.1 Å². The summed E-state index contributed by atoms with van der Waals surface area (Å²) in [6.07, 6.45) is 6.00. The molecule has 34 heavy (non-hydrogen) atoms. The molecule has 0 saturated carbocycles. The van der Waals surface area contributed by atoms with E-state index in [2.05, 4.69) is 54.7 Å². The van der Waals surface area contributed by atoms with E-state index in [1.807, 2.05) is 31.2 Å². The van der Waals surface area contributed by atoms with Crippen LogP contribution in [0.4, 0.5) is 0 Å². The Bertz CT molecular complexity index is 1080. The first-order valence-electron chi connectivity index (χ1n) is 12.0. The fraction of sp³-hybridized carbons (Fsp3) is 0.419. The van der Waals surface area contributed by atoms with E-state index in [1.54, 1.807) is 0 Å². The molecule has 3 N–H and O–H groups in total. The zero-order chi connectivity index (χ0) is 25.6. The number of phenols is 1. The number of aliphatic hydroxyl groups is 2. The normalized spacial score (nSPS) is 17.9. The van der Waals surface area contributed by atoms with E-state index in [1.165, 1.54) is 0 Å². The largest absolute Gasteiger partial charge is 0.508 e. The second-order valence-corrected chi connectivity index (χ2v) is 11.9. The van der Waals surface area contributed by atoms with Crippen LogP contribution in [0.15, 0.2) is 82.4 Å². The molecule has 0 amide bonds. The van der Waals surface area contributed by atoms with Crippen molar-refractivity contribution < 1.29 is 15.3 Å². The summed E-state index contributed by atoms with van der Waals surface area (Å²) in [5, 5.41) is 33.3.